The molecular formula is C29H29ClN4S. The minimum atomic E-state index is 0.688. The maximum Gasteiger partial charge on any atom is 0.190 e. The van der Waals surface area contributed by atoms with Crippen molar-refractivity contribution in [3.8, 4) is 11.3 Å². The number of thiazole rings is 1. The molecule has 1 aromatic heterocycles. The fourth-order valence-electron chi connectivity index (χ4n) is 3.72. The van der Waals surface area contributed by atoms with Crippen molar-refractivity contribution in [1.82, 2.24) is 10.3 Å². The number of nitrogens with zero attached hydrogens (tertiary/aromatic N) is 2. The van der Waals surface area contributed by atoms with Gasteiger partial charge in [-0.05, 0) is 73.0 Å². The standard InChI is InChI=1S/C29H29ClN4S/c1-20-8-13-27(16-21(20)2)34(29-33-28(19-35-29)25-6-4-7-26(30)17-25)18-23-9-11-24(12-10-23)22(3)32-15-5-14-31/h4,6-14,16-17,19,31-32H,3,5,15,18H2,1-2H3. The summed E-state index contributed by atoms with van der Waals surface area (Å²) in [5, 5.41) is 14.2. The van der Waals surface area contributed by atoms with E-state index in [1.165, 1.54) is 22.9 Å². The van der Waals surface area contributed by atoms with Gasteiger partial charge in [0.15, 0.2) is 5.13 Å². The molecule has 0 aliphatic heterocycles. The van der Waals surface area contributed by atoms with Crippen molar-refractivity contribution in [2.45, 2.75) is 26.8 Å². The molecule has 4 nitrogen and oxygen atoms in total. The van der Waals surface area contributed by atoms with E-state index in [-0.39, 0.29) is 0 Å². The summed E-state index contributed by atoms with van der Waals surface area (Å²) in [6.45, 7) is 9.80. The minimum absolute atomic E-state index is 0.688. The molecule has 0 radical (unpaired) electrons. The summed E-state index contributed by atoms with van der Waals surface area (Å²) in [6.07, 6.45) is 2.09. The van der Waals surface area contributed by atoms with E-state index >= 15 is 0 Å². The quantitative estimate of drug-likeness (QED) is 0.171. The molecule has 0 aliphatic rings. The number of nitrogens with one attached hydrogen (secondary N) is 2. The number of halogens is 1. The van der Waals surface area contributed by atoms with Crippen LogP contribution in [0.25, 0.3) is 17.0 Å². The van der Waals surface area contributed by atoms with Crippen LogP contribution in [0.15, 0.2) is 78.7 Å². The van der Waals surface area contributed by atoms with E-state index in [2.05, 4.69) is 78.5 Å². The Morgan fingerprint density at radius 1 is 1.09 bits per heavy atom. The van der Waals surface area contributed by atoms with Gasteiger partial charge in [0.25, 0.3) is 0 Å². The molecule has 0 aliphatic carbocycles. The van der Waals surface area contributed by atoms with Gasteiger partial charge >= 0.3 is 0 Å². The third kappa shape index (κ3) is 6.18. The molecule has 3 aromatic carbocycles. The number of aryl methyl sites for hydroxylation is 2. The molecule has 0 atom stereocenters. The Kier molecular flexibility index (Phi) is 8.01. The second-order valence-corrected chi connectivity index (χ2v) is 9.75. The molecule has 0 bridgehead atoms. The van der Waals surface area contributed by atoms with E-state index in [9.17, 15) is 0 Å². The summed E-state index contributed by atoms with van der Waals surface area (Å²) in [5.74, 6) is 0. The smallest absolute Gasteiger partial charge is 0.190 e. The highest BCUT2D eigenvalue weighted by Crippen LogP contribution is 2.35. The normalized spacial score (nSPS) is 10.7. The number of aromatic nitrogens is 1. The van der Waals surface area contributed by atoms with Gasteiger partial charge in [0.05, 0.1) is 12.2 Å². The predicted molar refractivity (Wildman–Crippen MR) is 151 cm³/mol. The molecule has 1 heterocycles. The Morgan fingerprint density at radius 3 is 2.60 bits per heavy atom. The number of anilines is 2. The highest BCUT2D eigenvalue weighted by atomic mass is 35.5. The molecule has 0 spiro atoms. The second-order valence-electron chi connectivity index (χ2n) is 8.48. The van der Waals surface area contributed by atoms with Crippen LogP contribution in [0.3, 0.4) is 0 Å². The summed E-state index contributed by atoms with van der Waals surface area (Å²) >= 11 is 7.85. The van der Waals surface area contributed by atoms with Crippen LogP contribution < -0.4 is 10.2 Å². The number of hydrogen-bond donors (Lipinski definition) is 2. The lowest BCUT2D eigenvalue weighted by molar-refractivity contribution is 0.896. The van der Waals surface area contributed by atoms with Gasteiger partial charge in [-0.3, -0.25) is 0 Å². The van der Waals surface area contributed by atoms with Gasteiger partial charge in [-0.15, -0.1) is 11.3 Å². The first-order valence-corrected chi connectivity index (χ1v) is 12.8. The van der Waals surface area contributed by atoms with Crippen molar-refractivity contribution < 1.29 is 0 Å². The Balaban J connectivity index is 1.62. The van der Waals surface area contributed by atoms with Crippen LogP contribution >= 0.6 is 22.9 Å². The van der Waals surface area contributed by atoms with E-state index in [0.717, 1.165) is 33.3 Å². The number of rotatable bonds is 10. The molecule has 2 N–H and O–H groups in total. The topological polar surface area (TPSA) is 52.0 Å². The fraction of sp³-hybridized carbons (Fsp3) is 0.172. The third-order valence-corrected chi connectivity index (χ3v) is 7.01. The molecule has 4 aromatic rings. The lowest BCUT2D eigenvalue weighted by Gasteiger charge is -2.23. The second kappa shape index (κ2) is 11.3. The third-order valence-electron chi connectivity index (χ3n) is 5.92. The Bertz CT molecular complexity index is 1330. The van der Waals surface area contributed by atoms with E-state index in [1.807, 2.05) is 24.3 Å². The van der Waals surface area contributed by atoms with Crippen LogP contribution in [0.1, 0.15) is 28.7 Å². The molecule has 4 rings (SSSR count). The highest BCUT2D eigenvalue weighted by Gasteiger charge is 2.16. The lowest BCUT2D eigenvalue weighted by atomic mass is 10.1. The summed E-state index contributed by atoms with van der Waals surface area (Å²) in [7, 11) is 0. The summed E-state index contributed by atoms with van der Waals surface area (Å²) in [6, 6.07) is 22.8. The first-order valence-electron chi connectivity index (χ1n) is 11.5. The van der Waals surface area contributed by atoms with Gasteiger partial charge in [-0.2, -0.15) is 0 Å². The SMILES string of the molecule is C=C(NCCC=N)c1ccc(CN(c2ccc(C)c(C)c2)c2nc(-c3cccc(Cl)c3)cs2)cc1. The minimum Gasteiger partial charge on any atom is -0.385 e. The average Bonchev–Trinajstić information content (AvgIpc) is 3.35. The van der Waals surface area contributed by atoms with Gasteiger partial charge in [0.1, 0.15) is 0 Å². The van der Waals surface area contributed by atoms with Crippen LogP contribution in [-0.4, -0.2) is 17.7 Å². The molecule has 0 fully saturated rings. The van der Waals surface area contributed by atoms with Gasteiger partial charge < -0.3 is 15.6 Å². The van der Waals surface area contributed by atoms with Crippen molar-refractivity contribution in [3.63, 3.8) is 0 Å². The van der Waals surface area contributed by atoms with Crippen molar-refractivity contribution >= 4 is 45.7 Å². The van der Waals surface area contributed by atoms with Gasteiger partial charge in [-0.25, -0.2) is 4.98 Å². The van der Waals surface area contributed by atoms with Crippen molar-refractivity contribution in [1.29, 1.82) is 5.41 Å². The van der Waals surface area contributed by atoms with Crippen LogP contribution in [-0.2, 0) is 6.54 Å². The largest absolute Gasteiger partial charge is 0.385 e. The van der Waals surface area contributed by atoms with Gasteiger partial charge in [0.2, 0.25) is 0 Å². The zero-order chi connectivity index (χ0) is 24.8. The molecule has 0 amide bonds. The first kappa shape index (κ1) is 24.7. The molecule has 0 saturated heterocycles. The summed E-state index contributed by atoms with van der Waals surface area (Å²) in [5.41, 5.74) is 8.67. The van der Waals surface area contributed by atoms with E-state index < -0.39 is 0 Å². The summed E-state index contributed by atoms with van der Waals surface area (Å²) in [4.78, 5) is 7.24. The molecule has 0 unspecified atom stereocenters. The Labute approximate surface area is 216 Å². The fourth-order valence-corrected chi connectivity index (χ4v) is 4.77. The van der Waals surface area contributed by atoms with Gasteiger partial charge in [0, 0.05) is 33.9 Å². The number of benzene rings is 3. The Morgan fingerprint density at radius 2 is 1.89 bits per heavy atom. The van der Waals surface area contributed by atoms with Crippen LogP contribution in [0.4, 0.5) is 10.8 Å². The van der Waals surface area contributed by atoms with Crippen molar-refractivity contribution in [2.75, 3.05) is 11.4 Å². The van der Waals surface area contributed by atoms with Crippen LogP contribution in [0.5, 0.6) is 0 Å². The monoisotopic (exact) mass is 500 g/mol. The highest BCUT2D eigenvalue weighted by molar-refractivity contribution is 7.14. The van der Waals surface area contributed by atoms with Gasteiger partial charge in [-0.1, -0.05) is 60.6 Å². The van der Waals surface area contributed by atoms with E-state index in [0.29, 0.717) is 24.5 Å². The average molecular weight is 501 g/mol. The molecule has 6 heteroatoms. The summed E-state index contributed by atoms with van der Waals surface area (Å²) < 4.78 is 0. The molecular weight excluding hydrogens is 472 g/mol. The first-order chi connectivity index (χ1) is 16.9. The maximum atomic E-state index is 7.16. The molecule has 0 saturated carbocycles. The van der Waals surface area contributed by atoms with Crippen molar-refractivity contribution in [3.05, 3.63) is 106 Å². The lowest BCUT2D eigenvalue weighted by Crippen LogP contribution is -2.17. The zero-order valence-corrected chi connectivity index (χ0v) is 21.6. The molecule has 178 valence electrons. The van der Waals surface area contributed by atoms with E-state index in [1.54, 1.807) is 11.3 Å². The van der Waals surface area contributed by atoms with Crippen LogP contribution in [0, 0.1) is 19.3 Å². The number of hydrogen-bond acceptors (Lipinski definition) is 5. The Hall–Kier alpha value is -3.41. The predicted octanol–water partition coefficient (Wildman–Crippen LogP) is 8.02. The van der Waals surface area contributed by atoms with Crippen LogP contribution in [0.2, 0.25) is 5.02 Å². The van der Waals surface area contributed by atoms with E-state index in [4.69, 9.17) is 22.0 Å². The van der Waals surface area contributed by atoms with Crippen molar-refractivity contribution in [2.24, 2.45) is 0 Å². The maximum absolute atomic E-state index is 7.16. The molecule has 35 heavy (non-hydrogen) atoms. The zero-order valence-electron chi connectivity index (χ0n) is 20.0.